The molecule has 0 saturated heterocycles. The Balaban J connectivity index is 1.95. The molecule has 0 spiro atoms. The first kappa shape index (κ1) is 16.4. The van der Waals surface area contributed by atoms with Crippen LogP contribution in [0.25, 0.3) is 0 Å². The van der Waals surface area contributed by atoms with Crippen LogP contribution in [0.5, 0.6) is 0 Å². The predicted octanol–water partition coefficient (Wildman–Crippen LogP) is 5.73. The van der Waals surface area contributed by atoms with Crippen LogP contribution in [0.1, 0.15) is 32.1 Å². The van der Waals surface area contributed by atoms with Crippen LogP contribution in [0.15, 0.2) is 81.3 Å². The minimum Gasteiger partial charge on any atom is -0.258 e. The summed E-state index contributed by atoms with van der Waals surface area (Å²) in [5.74, 6) is 0. The summed E-state index contributed by atoms with van der Waals surface area (Å²) >= 11 is 1.63. The average Bonchev–Trinajstić information content (AvgIpc) is 2.64. The van der Waals surface area contributed by atoms with Crippen LogP contribution < -0.4 is 0 Å². The first-order chi connectivity index (χ1) is 11.3. The summed E-state index contributed by atoms with van der Waals surface area (Å²) in [5.41, 5.74) is 0. The summed E-state index contributed by atoms with van der Waals surface area (Å²) < 4.78 is 13.8. The second-order valence-corrected chi connectivity index (χ2v) is 9.22. The zero-order valence-electron chi connectivity index (χ0n) is 13.2. The number of hydrogen-bond donors (Lipinski definition) is 0. The van der Waals surface area contributed by atoms with Crippen molar-refractivity contribution in [3.63, 3.8) is 0 Å². The van der Waals surface area contributed by atoms with E-state index in [9.17, 15) is 4.21 Å². The molecule has 0 aromatic heterocycles. The molecule has 1 unspecified atom stereocenters. The van der Waals surface area contributed by atoms with Crippen molar-refractivity contribution in [3.8, 4) is 0 Å². The van der Waals surface area contributed by atoms with Gasteiger partial charge in [-0.25, -0.2) is 0 Å². The van der Waals surface area contributed by atoms with Gasteiger partial charge in [0.25, 0.3) is 0 Å². The van der Waals surface area contributed by atoms with E-state index >= 15 is 0 Å². The minimum atomic E-state index is -2.22. The highest BCUT2D eigenvalue weighted by molar-refractivity contribution is 8.07. The first-order valence-electron chi connectivity index (χ1n) is 8.11. The lowest BCUT2D eigenvalue weighted by atomic mass is 10.0. The molecule has 1 aliphatic carbocycles. The third-order valence-corrected chi connectivity index (χ3v) is 7.87. The summed E-state index contributed by atoms with van der Waals surface area (Å²) in [6.07, 6.45) is 5.58. The van der Waals surface area contributed by atoms with Gasteiger partial charge in [-0.2, -0.15) is 0 Å². The molecule has 1 nitrogen and oxygen atoms in total. The monoisotopic (exact) mass is 342 g/mol. The summed E-state index contributed by atoms with van der Waals surface area (Å²) in [6.45, 7) is 0. The molecule has 2 aromatic carbocycles. The van der Waals surface area contributed by atoms with E-state index in [1.807, 2.05) is 59.3 Å². The lowest BCUT2D eigenvalue weighted by molar-refractivity contribution is 0.665. The lowest BCUT2D eigenvalue weighted by Gasteiger charge is -2.19. The quantitative estimate of drug-likeness (QED) is 0.521. The number of rotatable bonds is 4. The van der Waals surface area contributed by atoms with Crippen molar-refractivity contribution < 1.29 is 4.21 Å². The molecule has 0 heterocycles. The van der Waals surface area contributed by atoms with Crippen molar-refractivity contribution in [1.82, 2.24) is 0 Å². The minimum absolute atomic E-state index is 0.946. The Morgan fingerprint density at radius 2 is 1.43 bits per heavy atom. The SMILES string of the molecule is O=S(C=CSc1ccccc1)(=C1CCCCC1)c1ccccc1. The molecule has 0 bridgehead atoms. The molecule has 0 N–H and O–H groups in total. The van der Waals surface area contributed by atoms with Crippen molar-refractivity contribution in [1.29, 1.82) is 0 Å². The molecule has 3 heteroatoms. The zero-order valence-corrected chi connectivity index (χ0v) is 14.8. The topological polar surface area (TPSA) is 17.1 Å². The van der Waals surface area contributed by atoms with Gasteiger partial charge in [-0.3, -0.25) is 4.21 Å². The maximum atomic E-state index is 13.8. The fourth-order valence-electron chi connectivity index (χ4n) is 2.90. The average molecular weight is 343 g/mol. The van der Waals surface area contributed by atoms with Crippen LogP contribution in [0.4, 0.5) is 0 Å². The molecule has 2 aromatic rings. The molecular formula is C20H22OS2. The van der Waals surface area contributed by atoms with Gasteiger partial charge in [0.15, 0.2) is 0 Å². The highest BCUT2D eigenvalue weighted by Crippen LogP contribution is 2.26. The molecule has 1 atom stereocenters. The molecule has 3 rings (SSSR count). The van der Waals surface area contributed by atoms with Crippen LogP contribution in [-0.4, -0.2) is 9.07 Å². The Labute approximate surface area is 143 Å². The Morgan fingerprint density at radius 3 is 2.09 bits per heavy atom. The highest BCUT2D eigenvalue weighted by atomic mass is 32.2. The molecular weight excluding hydrogens is 320 g/mol. The van der Waals surface area contributed by atoms with E-state index in [2.05, 4.69) is 12.1 Å². The number of hydrogen-bond acceptors (Lipinski definition) is 2. The highest BCUT2D eigenvalue weighted by Gasteiger charge is 2.17. The predicted molar refractivity (Wildman–Crippen MR) is 102 cm³/mol. The smallest absolute Gasteiger partial charge is 0.0350 e. The fourth-order valence-corrected chi connectivity index (χ4v) is 6.36. The van der Waals surface area contributed by atoms with Crippen molar-refractivity contribution in [2.75, 3.05) is 0 Å². The van der Waals surface area contributed by atoms with Gasteiger partial charge in [-0.15, -0.1) is 0 Å². The zero-order chi connectivity index (χ0) is 16.0. The Kier molecular flexibility index (Phi) is 5.63. The maximum Gasteiger partial charge on any atom is 0.0350 e. The third-order valence-electron chi connectivity index (χ3n) is 4.13. The van der Waals surface area contributed by atoms with Gasteiger partial charge in [-0.1, -0.05) is 54.6 Å². The van der Waals surface area contributed by atoms with Gasteiger partial charge >= 0.3 is 0 Å². The fraction of sp³-hybridized carbons (Fsp3) is 0.250. The molecule has 1 saturated carbocycles. The Bertz CT molecular complexity index is 762. The van der Waals surface area contributed by atoms with Crippen molar-refractivity contribution in [3.05, 3.63) is 71.5 Å². The van der Waals surface area contributed by atoms with E-state index in [4.69, 9.17) is 0 Å². The third kappa shape index (κ3) is 4.10. The van der Waals surface area contributed by atoms with E-state index in [1.54, 1.807) is 11.8 Å². The normalized spacial score (nSPS) is 18.0. The summed E-state index contributed by atoms with van der Waals surface area (Å²) in [5, 5.41) is 3.95. The second kappa shape index (κ2) is 7.89. The Hall–Kier alpha value is -1.45. The maximum absolute atomic E-state index is 13.8. The number of thioether (sulfide) groups is 1. The van der Waals surface area contributed by atoms with Crippen LogP contribution in [-0.2, 0) is 9.52 Å². The van der Waals surface area contributed by atoms with Gasteiger partial charge in [0.1, 0.15) is 0 Å². The van der Waals surface area contributed by atoms with Gasteiger partial charge in [-0.05, 0) is 60.2 Å². The first-order valence-corrected chi connectivity index (χ1v) is 10.6. The molecule has 1 aliphatic rings. The van der Waals surface area contributed by atoms with Crippen LogP contribution in [0.2, 0.25) is 0 Å². The molecule has 0 radical (unpaired) electrons. The van der Waals surface area contributed by atoms with Crippen molar-refractivity contribution in [2.45, 2.75) is 41.9 Å². The van der Waals surface area contributed by atoms with Crippen LogP contribution >= 0.6 is 11.8 Å². The summed E-state index contributed by atoms with van der Waals surface area (Å²) in [4.78, 5) is 3.34. The largest absolute Gasteiger partial charge is 0.258 e. The Morgan fingerprint density at radius 1 is 0.826 bits per heavy atom. The van der Waals surface area contributed by atoms with E-state index in [0.29, 0.717) is 0 Å². The van der Waals surface area contributed by atoms with E-state index in [1.165, 1.54) is 29.0 Å². The van der Waals surface area contributed by atoms with E-state index < -0.39 is 9.52 Å². The second-order valence-electron chi connectivity index (χ2n) is 5.72. The summed E-state index contributed by atoms with van der Waals surface area (Å²) in [6, 6.07) is 20.2. The molecule has 120 valence electrons. The van der Waals surface area contributed by atoms with E-state index in [-0.39, 0.29) is 0 Å². The van der Waals surface area contributed by atoms with E-state index in [0.717, 1.165) is 17.7 Å². The van der Waals surface area contributed by atoms with Gasteiger partial charge in [0.2, 0.25) is 0 Å². The van der Waals surface area contributed by atoms with Crippen molar-refractivity contribution >= 4 is 26.1 Å². The molecule has 1 fully saturated rings. The van der Waals surface area contributed by atoms with Gasteiger partial charge < -0.3 is 0 Å². The van der Waals surface area contributed by atoms with Crippen LogP contribution in [0.3, 0.4) is 0 Å². The van der Waals surface area contributed by atoms with Crippen molar-refractivity contribution in [2.24, 2.45) is 0 Å². The lowest BCUT2D eigenvalue weighted by Crippen LogP contribution is -2.16. The molecule has 0 aliphatic heterocycles. The molecule has 23 heavy (non-hydrogen) atoms. The standard InChI is InChI=1S/C20H22OS2/c21-23(19-12-6-2-7-13-19,20-14-8-3-9-15-20)17-16-22-18-10-4-1-5-11-18/h1-2,4-7,10-13,16-17H,3,8-9,14-15H2. The van der Waals surface area contributed by atoms with Gasteiger partial charge in [0, 0.05) is 24.7 Å². The summed E-state index contributed by atoms with van der Waals surface area (Å²) in [7, 11) is -2.22. The van der Waals surface area contributed by atoms with Crippen LogP contribution in [0, 0.1) is 0 Å². The number of benzene rings is 2. The molecule has 0 amide bonds. The van der Waals surface area contributed by atoms with Gasteiger partial charge in [0.05, 0.1) is 0 Å².